The highest BCUT2D eigenvalue weighted by Gasteiger charge is 2.07. The van der Waals surface area contributed by atoms with Crippen molar-refractivity contribution in [3.05, 3.63) is 54.1 Å². The van der Waals surface area contributed by atoms with Crippen molar-refractivity contribution < 1.29 is 19.1 Å². The zero-order chi connectivity index (χ0) is 19.8. The normalized spacial score (nSPS) is 10.4. The number of rotatable bonds is 8. The van der Waals surface area contributed by atoms with Gasteiger partial charge in [0.15, 0.2) is 12.4 Å². The third-order valence-electron chi connectivity index (χ3n) is 3.68. The molecule has 2 aromatic rings. The molecule has 0 aliphatic heterocycles. The molecule has 2 N–H and O–H groups in total. The number of carbonyl (C=O) groups is 3. The Balaban J connectivity index is 1.81. The maximum atomic E-state index is 12.0. The van der Waals surface area contributed by atoms with Gasteiger partial charge in [-0.2, -0.15) is 0 Å². The molecular formula is C21H24N2O4. The van der Waals surface area contributed by atoms with E-state index >= 15 is 0 Å². The van der Waals surface area contributed by atoms with Crippen LogP contribution in [0.1, 0.15) is 37.6 Å². The van der Waals surface area contributed by atoms with Gasteiger partial charge in [0.05, 0.1) is 0 Å². The Morgan fingerprint density at radius 2 is 1.37 bits per heavy atom. The van der Waals surface area contributed by atoms with Crippen LogP contribution in [0.15, 0.2) is 48.5 Å². The van der Waals surface area contributed by atoms with Crippen molar-refractivity contribution in [2.24, 2.45) is 5.92 Å². The zero-order valence-corrected chi connectivity index (χ0v) is 15.7. The Bertz CT molecular complexity index is 796. The fourth-order valence-electron chi connectivity index (χ4n) is 2.35. The van der Waals surface area contributed by atoms with Crippen molar-refractivity contribution in [1.82, 2.24) is 0 Å². The van der Waals surface area contributed by atoms with Crippen LogP contribution in [0.2, 0.25) is 0 Å². The highest BCUT2D eigenvalue weighted by Crippen LogP contribution is 2.15. The lowest BCUT2D eigenvalue weighted by molar-refractivity contribution is -0.118. The van der Waals surface area contributed by atoms with Crippen LogP contribution < -0.4 is 15.4 Å². The van der Waals surface area contributed by atoms with Crippen LogP contribution in [-0.4, -0.2) is 24.2 Å². The van der Waals surface area contributed by atoms with E-state index < -0.39 is 0 Å². The van der Waals surface area contributed by atoms with E-state index in [1.54, 1.807) is 48.5 Å². The molecule has 0 atom stereocenters. The molecule has 27 heavy (non-hydrogen) atoms. The van der Waals surface area contributed by atoms with Crippen LogP contribution in [0.3, 0.4) is 0 Å². The Morgan fingerprint density at radius 1 is 0.852 bits per heavy atom. The van der Waals surface area contributed by atoms with Gasteiger partial charge in [0.1, 0.15) is 5.75 Å². The Morgan fingerprint density at radius 3 is 1.85 bits per heavy atom. The summed E-state index contributed by atoms with van der Waals surface area (Å²) >= 11 is 0. The van der Waals surface area contributed by atoms with Crippen molar-refractivity contribution in [3.63, 3.8) is 0 Å². The molecule has 0 spiro atoms. The second kappa shape index (κ2) is 9.52. The lowest BCUT2D eigenvalue weighted by atomic mass is 10.1. The molecule has 0 aromatic heterocycles. The van der Waals surface area contributed by atoms with Crippen molar-refractivity contribution in [1.29, 1.82) is 0 Å². The van der Waals surface area contributed by atoms with E-state index in [1.807, 2.05) is 13.8 Å². The van der Waals surface area contributed by atoms with Crippen LogP contribution in [0.25, 0.3) is 0 Å². The lowest BCUT2D eigenvalue weighted by Gasteiger charge is -2.10. The molecule has 2 rings (SSSR count). The van der Waals surface area contributed by atoms with E-state index in [0.29, 0.717) is 35.0 Å². The summed E-state index contributed by atoms with van der Waals surface area (Å²) in [4.78, 5) is 35.0. The summed E-state index contributed by atoms with van der Waals surface area (Å²) in [6, 6.07) is 13.5. The standard InChI is InChI=1S/C21H24N2O4/c1-14(2)12-20(25)22-17-6-8-18(9-7-17)23-21(26)13-27-19-10-4-16(5-11-19)15(3)24/h4-11,14H,12-13H2,1-3H3,(H,22,25)(H,23,26). The van der Waals surface area contributed by atoms with E-state index in [2.05, 4.69) is 10.6 Å². The summed E-state index contributed by atoms with van der Waals surface area (Å²) in [5, 5.41) is 5.54. The predicted molar refractivity (Wildman–Crippen MR) is 105 cm³/mol. The number of hydrogen-bond acceptors (Lipinski definition) is 4. The van der Waals surface area contributed by atoms with Gasteiger partial charge in [0.2, 0.25) is 5.91 Å². The molecule has 0 saturated carbocycles. The van der Waals surface area contributed by atoms with Crippen molar-refractivity contribution in [3.8, 4) is 5.75 Å². The summed E-state index contributed by atoms with van der Waals surface area (Å²) in [5.74, 6) is 0.442. The van der Waals surface area contributed by atoms with Crippen molar-refractivity contribution in [2.75, 3.05) is 17.2 Å². The van der Waals surface area contributed by atoms with Gasteiger partial charge >= 0.3 is 0 Å². The minimum atomic E-state index is -0.303. The highest BCUT2D eigenvalue weighted by atomic mass is 16.5. The maximum Gasteiger partial charge on any atom is 0.262 e. The zero-order valence-electron chi connectivity index (χ0n) is 15.7. The van der Waals surface area contributed by atoms with Crippen LogP contribution in [0, 0.1) is 5.92 Å². The second-order valence-corrected chi connectivity index (χ2v) is 6.64. The molecule has 0 fully saturated rings. The highest BCUT2D eigenvalue weighted by molar-refractivity contribution is 5.94. The average molecular weight is 368 g/mol. The molecule has 0 saturated heterocycles. The topological polar surface area (TPSA) is 84.5 Å². The van der Waals surface area contributed by atoms with Gasteiger partial charge < -0.3 is 15.4 Å². The lowest BCUT2D eigenvalue weighted by Crippen LogP contribution is -2.20. The minimum Gasteiger partial charge on any atom is -0.484 e. The van der Waals surface area contributed by atoms with Gasteiger partial charge in [0, 0.05) is 23.4 Å². The number of anilines is 2. The first-order valence-electron chi connectivity index (χ1n) is 8.77. The largest absolute Gasteiger partial charge is 0.484 e. The van der Waals surface area contributed by atoms with Gasteiger partial charge in [-0.1, -0.05) is 13.8 Å². The number of benzene rings is 2. The number of hydrogen-bond donors (Lipinski definition) is 2. The first-order valence-corrected chi connectivity index (χ1v) is 8.77. The SMILES string of the molecule is CC(=O)c1ccc(OCC(=O)Nc2ccc(NC(=O)CC(C)C)cc2)cc1. The van der Waals surface area contributed by atoms with E-state index in [1.165, 1.54) is 6.92 Å². The number of Topliss-reactive ketones (excluding diaryl/α,β-unsaturated/α-hetero) is 1. The number of ketones is 1. The van der Waals surface area contributed by atoms with Crippen molar-refractivity contribution >= 4 is 29.0 Å². The van der Waals surface area contributed by atoms with Gasteiger partial charge in [-0.05, 0) is 61.4 Å². The molecule has 0 heterocycles. The average Bonchev–Trinajstić information content (AvgIpc) is 2.61. The molecule has 142 valence electrons. The molecule has 0 bridgehead atoms. The third-order valence-corrected chi connectivity index (χ3v) is 3.68. The summed E-state index contributed by atoms with van der Waals surface area (Å²) in [6.45, 7) is 5.31. The van der Waals surface area contributed by atoms with Crippen LogP contribution in [0.4, 0.5) is 11.4 Å². The minimum absolute atomic E-state index is 0.0249. The van der Waals surface area contributed by atoms with E-state index in [0.717, 1.165) is 0 Å². The van der Waals surface area contributed by atoms with Crippen LogP contribution in [-0.2, 0) is 9.59 Å². The number of amides is 2. The van der Waals surface area contributed by atoms with Gasteiger partial charge in [-0.15, -0.1) is 0 Å². The Hall–Kier alpha value is -3.15. The van der Waals surface area contributed by atoms with E-state index in [9.17, 15) is 14.4 Å². The molecular weight excluding hydrogens is 344 g/mol. The number of nitrogens with one attached hydrogen (secondary N) is 2. The van der Waals surface area contributed by atoms with Gasteiger partial charge in [-0.3, -0.25) is 14.4 Å². The van der Waals surface area contributed by atoms with Gasteiger partial charge in [-0.25, -0.2) is 0 Å². The molecule has 2 amide bonds. The van der Waals surface area contributed by atoms with Crippen LogP contribution in [0.5, 0.6) is 5.75 Å². The summed E-state index contributed by atoms with van der Waals surface area (Å²) in [7, 11) is 0. The first kappa shape index (κ1) is 20.2. The molecule has 6 heteroatoms. The number of carbonyl (C=O) groups excluding carboxylic acids is 3. The molecule has 0 aliphatic carbocycles. The smallest absolute Gasteiger partial charge is 0.262 e. The Labute approximate surface area is 158 Å². The van der Waals surface area contributed by atoms with E-state index in [4.69, 9.17) is 4.74 Å². The Kier molecular flexibility index (Phi) is 7.11. The first-order chi connectivity index (χ1) is 12.8. The van der Waals surface area contributed by atoms with Gasteiger partial charge in [0.25, 0.3) is 5.91 Å². The molecule has 0 radical (unpaired) electrons. The van der Waals surface area contributed by atoms with Crippen molar-refractivity contribution in [2.45, 2.75) is 27.2 Å². The third kappa shape index (κ3) is 6.93. The summed E-state index contributed by atoms with van der Waals surface area (Å²) < 4.78 is 5.41. The quantitative estimate of drug-likeness (QED) is 0.692. The molecule has 6 nitrogen and oxygen atoms in total. The van der Waals surface area contributed by atoms with E-state index in [-0.39, 0.29) is 24.2 Å². The molecule has 2 aromatic carbocycles. The van der Waals surface area contributed by atoms with Crippen LogP contribution >= 0.6 is 0 Å². The summed E-state index contributed by atoms with van der Waals surface area (Å²) in [5.41, 5.74) is 1.88. The second-order valence-electron chi connectivity index (χ2n) is 6.64. The monoisotopic (exact) mass is 368 g/mol. The fourth-order valence-corrected chi connectivity index (χ4v) is 2.35. The molecule has 0 unspecified atom stereocenters. The predicted octanol–water partition coefficient (Wildman–Crippen LogP) is 3.89. The fraction of sp³-hybridized carbons (Fsp3) is 0.286. The molecule has 0 aliphatic rings. The summed E-state index contributed by atoms with van der Waals surface area (Å²) in [6.07, 6.45) is 0.462. The maximum absolute atomic E-state index is 12.0. The number of ether oxygens (including phenoxy) is 1.